The SMILES string of the molecule is C=C(O)[C@H](CNC(O)C1CCCC1)NC(C1CC1)[C@H]1C(O)C[C@H]2CN(C(=O)C3C=C4NCC[C@H]4CC3)CCC2C1C1CC1. The summed E-state index contributed by atoms with van der Waals surface area (Å²) in [6.45, 7) is 7.00. The Hall–Kier alpha value is -1.61. The minimum atomic E-state index is -0.556. The van der Waals surface area contributed by atoms with Gasteiger partial charge in [0.1, 0.15) is 12.0 Å². The van der Waals surface area contributed by atoms with E-state index in [9.17, 15) is 20.1 Å². The zero-order valence-electron chi connectivity index (χ0n) is 26.0. The minimum Gasteiger partial charge on any atom is -0.511 e. The van der Waals surface area contributed by atoms with Gasteiger partial charge in [-0.1, -0.05) is 25.5 Å². The molecule has 4 saturated carbocycles. The van der Waals surface area contributed by atoms with Gasteiger partial charge in [-0.05, 0) is 106 Å². The Balaban J connectivity index is 1.03. The maximum atomic E-state index is 13.7. The molecule has 5 aliphatic carbocycles. The van der Waals surface area contributed by atoms with Crippen LogP contribution in [0.25, 0.3) is 0 Å². The lowest BCUT2D eigenvalue weighted by Crippen LogP contribution is -2.60. The van der Waals surface area contributed by atoms with E-state index < -0.39 is 12.3 Å². The number of hydrogen-bond donors (Lipinski definition) is 6. The molecule has 8 nitrogen and oxygen atoms in total. The van der Waals surface area contributed by atoms with Crippen LogP contribution in [0.2, 0.25) is 0 Å². The average Bonchev–Trinajstić information content (AvgIpc) is 3.92. The highest BCUT2D eigenvalue weighted by molar-refractivity contribution is 5.81. The first-order valence-corrected chi connectivity index (χ1v) is 17.8. The Bertz CT molecular complexity index is 1050. The molecule has 6 N–H and O–H groups in total. The lowest BCUT2D eigenvalue weighted by molar-refractivity contribution is -0.142. The fourth-order valence-corrected chi connectivity index (χ4v) is 10.1. The van der Waals surface area contributed by atoms with Crippen molar-refractivity contribution in [1.29, 1.82) is 0 Å². The summed E-state index contributed by atoms with van der Waals surface area (Å²) in [6.07, 6.45) is 15.6. The molecule has 240 valence electrons. The number of nitrogens with zero attached hydrogens (tertiary/aromatic N) is 1. The smallest absolute Gasteiger partial charge is 0.229 e. The van der Waals surface area contributed by atoms with E-state index in [4.69, 9.17) is 0 Å². The Labute approximate surface area is 258 Å². The first kappa shape index (κ1) is 30.1. The van der Waals surface area contributed by atoms with Crippen molar-refractivity contribution in [2.75, 3.05) is 26.2 Å². The quantitative estimate of drug-likeness (QED) is 0.159. The van der Waals surface area contributed by atoms with Crippen LogP contribution >= 0.6 is 0 Å². The van der Waals surface area contributed by atoms with E-state index in [-0.39, 0.29) is 35.6 Å². The van der Waals surface area contributed by atoms with Gasteiger partial charge >= 0.3 is 0 Å². The van der Waals surface area contributed by atoms with E-state index in [1.165, 1.54) is 37.8 Å². The van der Waals surface area contributed by atoms with Crippen molar-refractivity contribution >= 4 is 5.91 Å². The van der Waals surface area contributed by atoms with Gasteiger partial charge in [0, 0.05) is 49.8 Å². The molecule has 0 aromatic heterocycles. The number of piperidine rings is 1. The van der Waals surface area contributed by atoms with Gasteiger partial charge in [0.05, 0.1) is 18.1 Å². The summed E-state index contributed by atoms with van der Waals surface area (Å²) in [7, 11) is 0. The van der Waals surface area contributed by atoms with Crippen molar-refractivity contribution in [3.63, 3.8) is 0 Å². The molecule has 43 heavy (non-hydrogen) atoms. The summed E-state index contributed by atoms with van der Waals surface area (Å²) in [5.41, 5.74) is 1.30. The number of carbonyl (C=O) groups excluding carboxylic acids is 1. The fourth-order valence-electron chi connectivity index (χ4n) is 10.1. The molecule has 0 aromatic rings. The van der Waals surface area contributed by atoms with Crippen LogP contribution in [-0.2, 0) is 4.79 Å². The van der Waals surface area contributed by atoms with Crippen molar-refractivity contribution in [2.45, 2.75) is 108 Å². The maximum Gasteiger partial charge on any atom is 0.229 e. The van der Waals surface area contributed by atoms with Crippen LogP contribution in [0.5, 0.6) is 0 Å². The van der Waals surface area contributed by atoms with Gasteiger partial charge in [-0.15, -0.1) is 0 Å². The number of aliphatic hydroxyl groups is 3. The first-order chi connectivity index (χ1) is 20.9. The highest BCUT2D eigenvalue weighted by atomic mass is 16.3. The molecule has 2 aliphatic heterocycles. The number of hydrogen-bond acceptors (Lipinski definition) is 7. The Morgan fingerprint density at radius 2 is 1.81 bits per heavy atom. The Morgan fingerprint density at radius 1 is 1.02 bits per heavy atom. The number of likely N-dealkylation sites (tertiary alicyclic amines) is 1. The summed E-state index contributed by atoms with van der Waals surface area (Å²) in [6, 6.07) is -0.231. The van der Waals surface area contributed by atoms with Crippen molar-refractivity contribution < 1.29 is 20.1 Å². The van der Waals surface area contributed by atoms with Gasteiger partial charge in [-0.3, -0.25) is 10.1 Å². The maximum absolute atomic E-state index is 13.7. The van der Waals surface area contributed by atoms with Crippen LogP contribution in [0.15, 0.2) is 24.1 Å². The monoisotopic (exact) mass is 596 g/mol. The van der Waals surface area contributed by atoms with Gasteiger partial charge in [-0.2, -0.15) is 0 Å². The van der Waals surface area contributed by atoms with Gasteiger partial charge < -0.3 is 30.9 Å². The summed E-state index contributed by atoms with van der Waals surface area (Å²) in [4.78, 5) is 15.8. The van der Waals surface area contributed by atoms with Gasteiger partial charge in [0.25, 0.3) is 0 Å². The lowest BCUT2D eigenvalue weighted by Gasteiger charge is -2.53. The molecule has 6 unspecified atom stereocenters. The highest BCUT2D eigenvalue weighted by Gasteiger charge is 2.56. The fraction of sp³-hybridized carbons (Fsp3) is 0.857. The van der Waals surface area contributed by atoms with E-state index in [0.717, 1.165) is 71.0 Å². The molecular weight excluding hydrogens is 540 g/mol. The molecule has 7 aliphatic rings. The molecule has 2 saturated heterocycles. The molecule has 6 fully saturated rings. The van der Waals surface area contributed by atoms with E-state index in [0.29, 0.717) is 48.0 Å². The van der Waals surface area contributed by atoms with Crippen molar-refractivity contribution in [3.05, 3.63) is 24.1 Å². The van der Waals surface area contributed by atoms with Crippen LogP contribution in [0.4, 0.5) is 0 Å². The number of nitrogens with one attached hydrogen (secondary N) is 3. The third-order valence-electron chi connectivity index (χ3n) is 12.7. The largest absolute Gasteiger partial charge is 0.511 e. The molecule has 0 spiro atoms. The standard InChI is InChI=1S/C35H56N4O4/c1-20(40)29(18-37-34(42)24-4-2-3-5-24)38-33(23-9-10-23)32-30(41)17-26-19-39(15-13-27(26)31(32)22-7-8-22)35(43)25-11-6-21-12-14-36-28(21)16-25/h16,21-27,29-34,36-38,40-42H,1-15,17-19H2/t21-,25?,26+,27?,29+,30?,31?,32+,33?,34?/m1/s1. The molecular formula is C35H56N4O4. The molecule has 1 amide bonds. The Kier molecular flexibility index (Phi) is 8.84. The molecule has 10 atom stereocenters. The highest BCUT2D eigenvalue weighted by Crippen LogP contribution is 2.56. The van der Waals surface area contributed by atoms with Crippen LogP contribution in [0.1, 0.15) is 83.5 Å². The van der Waals surface area contributed by atoms with Crippen molar-refractivity contribution in [1.82, 2.24) is 20.9 Å². The van der Waals surface area contributed by atoms with E-state index in [1.807, 2.05) is 0 Å². The summed E-state index contributed by atoms with van der Waals surface area (Å²) < 4.78 is 0. The molecule has 2 heterocycles. The molecule has 0 radical (unpaired) electrons. The van der Waals surface area contributed by atoms with Gasteiger partial charge in [0.2, 0.25) is 5.91 Å². The van der Waals surface area contributed by atoms with E-state index in [2.05, 4.69) is 33.5 Å². The number of carbonyl (C=O) groups is 1. The lowest BCUT2D eigenvalue weighted by atomic mass is 9.58. The number of aliphatic hydroxyl groups excluding tert-OH is 3. The number of fused-ring (bicyclic) bond motifs is 2. The van der Waals surface area contributed by atoms with Crippen molar-refractivity contribution in [2.24, 2.45) is 53.3 Å². The van der Waals surface area contributed by atoms with Crippen LogP contribution in [0.3, 0.4) is 0 Å². The van der Waals surface area contributed by atoms with Gasteiger partial charge in [-0.25, -0.2) is 0 Å². The van der Waals surface area contributed by atoms with Gasteiger partial charge in [0.15, 0.2) is 0 Å². The summed E-state index contributed by atoms with van der Waals surface area (Å²) in [5, 5.41) is 43.9. The average molecular weight is 597 g/mol. The topological polar surface area (TPSA) is 117 Å². The van der Waals surface area contributed by atoms with Crippen LogP contribution < -0.4 is 16.0 Å². The third kappa shape index (κ3) is 6.41. The van der Waals surface area contributed by atoms with Crippen LogP contribution in [0, 0.1) is 53.3 Å². The second kappa shape index (κ2) is 12.6. The minimum absolute atomic E-state index is 0.00153. The predicted molar refractivity (Wildman–Crippen MR) is 167 cm³/mol. The number of allylic oxidation sites excluding steroid dienone is 1. The molecule has 8 heteroatoms. The van der Waals surface area contributed by atoms with E-state index in [1.54, 1.807) is 0 Å². The molecule has 0 bridgehead atoms. The molecule has 7 rings (SSSR count). The second-order valence-corrected chi connectivity index (χ2v) is 15.5. The Morgan fingerprint density at radius 3 is 2.53 bits per heavy atom. The van der Waals surface area contributed by atoms with E-state index >= 15 is 0 Å². The normalized spacial score (nSPS) is 38.4. The third-order valence-corrected chi connectivity index (χ3v) is 12.7. The summed E-state index contributed by atoms with van der Waals surface area (Å²) >= 11 is 0. The zero-order chi connectivity index (χ0) is 29.7. The molecule has 0 aromatic carbocycles. The zero-order valence-corrected chi connectivity index (χ0v) is 26.0. The predicted octanol–water partition coefficient (Wildman–Crippen LogP) is 3.67. The van der Waals surface area contributed by atoms with Crippen molar-refractivity contribution in [3.8, 4) is 0 Å². The second-order valence-electron chi connectivity index (χ2n) is 15.5. The first-order valence-electron chi connectivity index (χ1n) is 17.8. The van der Waals surface area contributed by atoms with Crippen LogP contribution in [-0.4, -0.2) is 76.7 Å². The number of amides is 1. The number of rotatable bonds is 11. The summed E-state index contributed by atoms with van der Waals surface area (Å²) in [5.74, 6) is 3.98.